The summed E-state index contributed by atoms with van der Waals surface area (Å²) in [7, 11) is 0. The predicted molar refractivity (Wildman–Crippen MR) is 42.9 cm³/mol. The van der Waals surface area contributed by atoms with E-state index in [0.717, 1.165) is 0 Å². The number of rotatable bonds is 0. The summed E-state index contributed by atoms with van der Waals surface area (Å²) in [5.74, 6) is 0. The van der Waals surface area contributed by atoms with E-state index < -0.39 is 0 Å². The van der Waals surface area contributed by atoms with E-state index in [9.17, 15) is 0 Å². The number of imidazole rings is 2. The quantitative estimate of drug-likeness (QED) is 0.614. The summed E-state index contributed by atoms with van der Waals surface area (Å²) in [4.78, 5) is 12.8. The van der Waals surface area contributed by atoms with E-state index >= 15 is 0 Å². The molecule has 0 spiro atoms. The molecule has 2 N–H and O–H groups in total. The van der Waals surface area contributed by atoms with Crippen molar-refractivity contribution < 1.29 is 0 Å². The van der Waals surface area contributed by atoms with Crippen LogP contribution in [0.4, 0.5) is 0 Å². The van der Waals surface area contributed by atoms with Crippen LogP contribution < -0.4 is 0 Å². The van der Waals surface area contributed by atoms with E-state index in [2.05, 4.69) is 19.9 Å². The van der Waals surface area contributed by atoms with Crippen molar-refractivity contribution in [2.45, 2.75) is 0 Å². The van der Waals surface area contributed by atoms with Gasteiger partial charge in [0.25, 0.3) is 0 Å². The second-order valence-corrected chi connectivity index (χ2v) is 1.52. The van der Waals surface area contributed by atoms with Crippen LogP contribution in [0.5, 0.6) is 0 Å². The molecule has 0 aromatic carbocycles. The molecule has 0 bridgehead atoms. The summed E-state index contributed by atoms with van der Waals surface area (Å²) >= 11 is 0. The van der Waals surface area contributed by atoms with E-state index in [0.29, 0.717) is 0 Å². The molecule has 5 heteroatoms. The minimum absolute atomic E-state index is 0. The predicted octanol–water partition coefficient (Wildman–Crippen LogP) is 0.439. The molecule has 2 rings (SSSR count). The van der Waals surface area contributed by atoms with Gasteiger partial charge in [-0.2, -0.15) is 0 Å². The molecule has 4 nitrogen and oxygen atoms in total. The van der Waals surface area contributed by atoms with E-state index in [1.54, 1.807) is 37.4 Å². The topological polar surface area (TPSA) is 57.4 Å². The van der Waals surface area contributed by atoms with Crippen molar-refractivity contribution in [3.05, 3.63) is 37.4 Å². The maximum atomic E-state index is 3.67. The van der Waals surface area contributed by atoms with E-state index in [1.807, 2.05) is 0 Å². The first-order valence-corrected chi connectivity index (χ1v) is 2.85. The first kappa shape index (κ1) is 10.1. The van der Waals surface area contributed by atoms with Gasteiger partial charge in [0.05, 0.1) is 12.7 Å². The van der Waals surface area contributed by atoms with Crippen LogP contribution in [-0.4, -0.2) is 39.7 Å². The SMILES string of the molecule is [Ga+3].c1c[nH]cn1.c1c[nH]cn1. The van der Waals surface area contributed by atoms with Crippen LogP contribution in [-0.2, 0) is 0 Å². The zero-order chi connectivity index (χ0) is 7.07. The Kier molecular flexibility index (Phi) is 6.55. The van der Waals surface area contributed by atoms with Crippen LogP contribution in [0.1, 0.15) is 0 Å². The van der Waals surface area contributed by atoms with Crippen LogP contribution in [0.3, 0.4) is 0 Å². The van der Waals surface area contributed by atoms with Gasteiger partial charge in [-0.1, -0.05) is 0 Å². The zero-order valence-corrected chi connectivity index (χ0v) is 8.36. The maximum Gasteiger partial charge on any atom is 3.00 e. The molecule has 2 aromatic rings. The van der Waals surface area contributed by atoms with Gasteiger partial charge in [-0.25, -0.2) is 9.97 Å². The molecular formula is C6H8GaN4+3. The van der Waals surface area contributed by atoms with Crippen molar-refractivity contribution in [1.82, 2.24) is 19.9 Å². The third-order valence-corrected chi connectivity index (χ3v) is 0.812. The third kappa shape index (κ3) is 5.50. The Hall–Kier alpha value is -0.944. The molecule has 0 aliphatic rings. The first-order valence-electron chi connectivity index (χ1n) is 2.85. The molecule has 0 fully saturated rings. The fourth-order valence-corrected chi connectivity index (χ4v) is 0.430. The van der Waals surface area contributed by atoms with E-state index in [4.69, 9.17) is 0 Å². The Labute approximate surface area is 77.5 Å². The summed E-state index contributed by atoms with van der Waals surface area (Å²) in [6.07, 6.45) is 10.2. The smallest absolute Gasteiger partial charge is 0.351 e. The summed E-state index contributed by atoms with van der Waals surface area (Å²) in [5.41, 5.74) is 0. The molecule has 0 saturated heterocycles. The van der Waals surface area contributed by atoms with Crippen LogP contribution in [0.2, 0.25) is 0 Å². The van der Waals surface area contributed by atoms with Gasteiger partial charge >= 0.3 is 19.8 Å². The normalized spacial score (nSPS) is 7.27. The first-order chi connectivity index (χ1) is 5.00. The Morgan fingerprint density at radius 2 is 1.27 bits per heavy atom. The van der Waals surface area contributed by atoms with Crippen molar-refractivity contribution in [2.24, 2.45) is 0 Å². The van der Waals surface area contributed by atoms with Crippen molar-refractivity contribution in [3.63, 3.8) is 0 Å². The van der Waals surface area contributed by atoms with E-state index in [1.165, 1.54) is 0 Å². The monoisotopic (exact) mass is 205 g/mol. The second-order valence-electron chi connectivity index (χ2n) is 1.52. The van der Waals surface area contributed by atoms with Crippen LogP contribution in [0.15, 0.2) is 37.4 Å². The zero-order valence-electron chi connectivity index (χ0n) is 5.94. The summed E-state index contributed by atoms with van der Waals surface area (Å²) in [5, 5.41) is 0. The molecule has 0 unspecified atom stereocenters. The van der Waals surface area contributed by atoms with E-state index in [-0.39, 0.29) is 19.8 Å². The fourth-order valence-electron chi connectivity index (χ4n) is 0.430. The molecular weight excluding hydrogens is 198 g/mol. The van der Waals surface area contributed by atoms with Gasteiger partial charge in [0.1, 0.15) is 0 Å². The second kappa shape index (κ2) is 7.17. The van der Waals surface area contributed by atoms with Gasteiger partial charge in [0, 0.05) is 24.8 Å². The van der Waals surface area contributed by atoms with Crippen molar-refractivity contribution in [3.8, 4) is 0 Å². The average molecular weight is 206 g/mol. The molecule has 0 saturated carbocycles. The Morgan fingerprint density at radius 3 is 1.36 bits per heavy atom. The summed E-state index contributed by atoms with van der Waals surface area (Å²) in [6.45, 7) is 0. The maximum absolute atomic E-state index is 3.67. The van der Waals surface area contributed by atoms with Crippen LogP contribution >= 0.6 is 0 Å². The number of aromatic amines is 2. The van der Waals surface area contributed by atoms with Crippen molar-refractivity contribution in [1.29, 1.82) is 0 Å². The number of hydrogen-bond acceptors (Lipinski definition) is 2. The molecule has 2 heterocycles. The van der Waals surface area contributed by atoms with Crippen molar-refractivity contribution >= 4 is 19.8 Å². The van der Waals surface area contributed by atoms with Gasteiger partial charge in [-0.05, 0) is 0 Å². The molecule has 2 aromatic heterocycles. The molecule has 52 valence electrons. The van der Waals surface area contributed by atoms with Crippen LogP contribution in [0.25, 0.3) is 0 Å². The van der Waals surface area contributed by atoms with Gasteiger partial charge in [-0.15, -0.1) is 0 Å². The third-order valence-electron chi connectivity index (χ3n) is 0.812. The number of nitrogens with one attached hydrogen (secondary N) is 2. The van der Waals surface area contributed by atoms with Crippen molar-refractivity contribution in [2.75, 3.05) is 0 Å². The average Bonchev–Trinajstić information content (AvgIpc) is 2.67. The Balaban J connectivity index is 0.000000167. The Morgan fingerprint density at radius 1 is 0.818 bits per heavy atom. The van der Waals surface area contributed by atoms with Gasteiger partial charge in [-0.3, -0.25) is 0 Å². The number of aromatic nitrogens is 4. The Bertz CT molecular complexity index is 154. The minimum Gasteiger partial charge on any atom is -0.351 e. The summed E-state index contributed by atoms with van der Waals surface area (Å²) < 4.78 is 0. The van der Waals surface area contributed by atoms with Gasteiger partial charge in [0.15, 0.2) is 0 Å². The summed E-state index contributed by atoms with van der Waals surface area (Å²) in [6, 6.07) is 0. The fraction of sp³-hybridized carbons (Fsp3) is 0. The molecule has 0 aliphatic heterocycles. The molecule has 0 radical (unpaired) electrons. The number of H-pyrrole nitrogens is 2. The van der Waals surface area contributed by atoms with Gasteiger partial charge < -0.3 is 9.97 Å². The van der Waals surface area contributed by atoms with Crippen LogP contribution in [0, 0.1) is 0 Å². The number of hydrogen-bond donors (Lipinski definition) is 2. The molecule has 11 heavy (non-hydrogen) atoms. The largest absolute Gasteiger partial charge is 3.00 e. The molecule has 0 atom stereocenters. The molecule has 0 amide bonds. The van der Waals surface area contributed by atoms with Gasteiger partial charge in [0.2, 0.25) is 0 Å². The molecule has 0 aliphatic carbocycles. The number of nitrogens with zero attached hydrogens (tertiary/aromatic N) is 2. The standard InChI is InChI=1S/2C3H4N2.Ga/c2*1-2-5-3-4-1;/h2*1-3H,(H,4,5);/q;;+3. The minimum atomic E-state index is 0.